The summed E-state index contributed by atoms with van der Waals surface area (Å²) in [5.74, 6) is 0.496. The lowest BCUT2D eigenvalue weighted by Crippen LogP contribution is -2.36. The van der Waals surface area contributed by atoms with Crippen molar-refractivity contribution >= 4 is 5.69 Å². The minimum Gasteiger partial charge on any atom is -0.378 e. The molecule has 0 unspecified atom stereocenters. The van der Waals surface area contributed by atoms with Gasteiger partial charge in [0, 0.05) is 36.2 Å². The molecule has 0 bridgehead atoms. The maximum Gasteiger partial charge on any atom is 0.0895 e. The van der Waals surface area contributed by atoms with Crippen molar-refractivity contribution in [3.05, 3.63) is 59.4 Å². The Hall–Kier alpha value is -1.87. The number of ether oxygens (including phenoxy) is 1. The van der Waals surface area contributed by atoms with Crippen LogP contribution in [-0.4, -0.2) is 11.6 Å². The second-order valence-electron chi connectivity index (χ2n) is 6.09. The highest BCUT2D eigenvalue weighted by atomic mass is 16.5. The third kappa shape index (κ3) is 2.22. The fourth-order valence-corrected chi connectivity index (χ4v) is 3.69. The van der Waals surface area contributed by atoms with E-state index in [1.165, 1.54) is 28.8 Å². The van der Waals surface area contributed by atoms with Crippen molar-refractivity contribution in [2.45, 2.75) is 31.9 Å². The van der Waals surface area contributed by atoms with Crippen LogP contribution in [0.1, 0.15) is 41.7 Å². The van der Waals surface area contributed by atoms with Crippen LogP contribution in [0.3, 0.4) is 0 Å². The molecule has 1 fully saturated rings. The number of hydrogen-bond donors (Lipinski definition) is 1. The monoisotopic (exact) mass is 280 g/mol. The van der Waals surface area contributed by atoms with Crippen LogP contribution in [0.4, 0.5) is 5.69 Å². The summed E-state index contributed by atoms with van der Waals surface area (Å²) in [5.41, 5.74) is 5.14. The van der Waals surface area contributed by atoms with Crippen LogP contribution >= 0.6 is 0 Å². The zero-order chi connectivity index (χ0) is 14.2. The van der Waals surface area contributed by atoms with Crippen LogP contribution in [-0.2, 0) is 4.74 Å². The summed E-state index contributed by atoms with van der Waals surface area (Å²) in [4.78, 5) is 4.14. The Labute approximate surface area is 125 Å². The van der Waals surface area contributed by atoms with E-state index in [9.17, 15) is 0 Å². The fourth-order valence-electron chi connectivity index (χ4n) is 3.69. The normalized spacial score (nSPS) is 27.4. The van der Waals surface area contributed by atoms with E-state index >= 15 is 0 Å². The second kappa shape index (κ2) is 5.15. The Balaban J connectivity index is 1.79. The van der Waals surface area contributed by atoms with E-state index in [4.69, 9.17) is 4.74 Å². The Kier molecular flexibility index (Phi) is 3.15. The van der Waals surface area contributed by atoms with Crippen molar-refractivity contribution in [2.75, 3.05) is 11.9 Å². The molecule has 1 N–H and O–H groups in total. The maximum atomic E-state index is 6.16. The van der Waals surface area contributed by atoms with Crippen LogP contribution in [0.15, 0.2) is 42.7 Å². The maximum absolute atomic E-state index is 6.16. The highest BCUT2D eigenvalue weighted by molar-refractivity contribution is 5.58. The van der Waals surface area contributed by atoms with Gasteiger partial charge in [0.1, 0.15) is 0 Å². The van der Waals surface area contributed by atoms with Gasteiger partial charge in [0.15, 0.2) is 0 Å². The highest BCUT2D eigenvalue weighted by Gasteiger charge is 2.39. The topological polar surface area (TPSA) is 34.1 Å². The summed E-state index contributed by atoms with van der Waals surface area (Å²) < 4.78 is 6.16. The molecular formula is C18H20N2O. The fraction of sp³-hybridized carbons (Fsp3) is 0.389. The molecule has 2 aliphatic heterocycles. The molecule has 21 heavy (non-hydrogen) atoms. The highest BCUT2D eigenvalue weighted by Crippen LogP contribution is 2.49. The van der Waals surface area contributed by atoms with Gasteiger partial charge in [-0.15, -0.1) is 0 Å². The number of anilines is 1. The van der Waals surface area contributed by atoms with Gasteiger partial charge < -0.3 is 10.1 Å². The Morgan fingerprint density at radius 2 is 2.05 bits per heavy atom. The summed E-state index contributed by atoms with van der Waals surface area (Å²) >= 11 is 0. The summed E-state index contributed by atoms with van der Waals surface area (Å²) in [6.45, 7) is 3.02. The summed E-state index contributed by atoms with van der Waals surface area (Å²) in [6.07, 6.45) is 6.32. The molecule has 0 radical (unpaired) electrons. The molecule has 1 aromatic carbocycles. The van der Waals surface area contributed by atoms with Gasteiger partial charge in [-0.25, -0.2) is 0 Å². The van der Waals surface area contributed by atoms with E-state index in [1.807, 2.05) is 12.4 Å². The predicted molar refractivity (Wildman–Crippen MR) is 83.2 cm³/mol. The first-order valence-corrected chi connectivity index (χ1v) is 7.71. The number of pyridine rings is 1. The molecule has 4 rings (SSSR count). The van der Waals surface area contributed by atoms with Gasteiger partial charge in [-0.2, -0.15) is 0 Å². The first-order valence-electron chi connectivity index (χ1n) is 7.71. The molecule has 3 nitrogen and oxygen atoms in total. The van der Waals surface area contributed by atoms with E-state index in [-0.39, 0.29) is 6.10 Å². The third-order valence-electron chi connectivity index (χ3n) is 4.69. The number of fused-ring (bicyclic) bond motifs is 3. The average molecular weight is 280 g/mol. The number of rotatable bonds is 1. The largest absolute Gasteiger partial charge is 0.378 e. The zero-order valence-electron chi connectivity index (χ0n) is 12.3. The summed E-state index contributed by atoms with van der Waals surface area (Å²) in [7, 11) is 0. The van der Waals surface area contributed by atoms with Crippen molar-refractivity contribution in [3.8, 4) is 0 Å². The van der Waals surface area contributed by atoms with Crippen molar-refractivity contribution in [3.63, 3.8) is 0 Å². The number of nitrogens with zero attached hydrogens (tertiary/aromatic N) is 1. The standard InChI is InChI=1S/C18H20N2O/c1-12-4-5-16-15(11-12)18-14(3-2-10-21-18)17(20-16)13-6-8-19-9-7-13/h4-9,11,14,17-18,20H,2-3,10H2,1H3/t14-,17-,18-/m1/s1. The van der Waals surface area contributed by atoms with Crippen LogP contribution in [0.25, 0.3) is 0 Å². The second-order valence-corrected chi connectivity index (χ2v) is 6.09. The third-order valence-corrected chi connectivity index (χ3v) is 4.69. The van der Waals surface area contributed by atoms with E-state index in [2.05, 4.69) is 47.6 Å². The lowest BCUT2D eigenvalue weighted by molar-refractivity contribution is -0.0381. The minimum atomic E-state index is 0.216. The van der Waals surface area contributed by atoms with Gasteiger partial charge >= 0.3 is 0 Å². The minimum absolute atomic E-state index is 0.216. The Morgan fingerprint density at radius 3 is 2.90 bits per heavy atom. The lowest BCUT2D eigenvalue weighted by Gasteiger charge is -2.43. The molecule has 3 heterocycles. The molecule has 3 heteroatoms. The summed E-state index contributed by atoms with van der Waals surface area (Å²) in [5, 5.41) is 3.73. The molecule has 1 saturated heterocycles. The molecule has 1 aromatic heterocycles. The molecule has 0 aliphatic carbocycles. The van der Waals surface area contributed by atoms with Crippen LogP contribution in [0, 0.1) is 12.8 Å². The molecule has 0 saturated carbocycles. The van der Waals surface area contributed by atoms with Crippen molar-refractivity contribution in [1.82, 2.24) is 4.98 Å². The smallest absolute Gasteiger partial charge is 0.0895 e. The number of benzene rings is 1. The predicted octanol–water partition coefficient (Wildman–Crippen LogP) is 4.02. The van der Waals surface area contributed by atoms with E-state index in [0.717, 1.165) is 13.0 Å². The number of aromatic nitrogens is 1. The van der Waals surface area contributed by atoms with Gasteiger partial charge in [-0.05, 0) is 43.5 Å². The quantitative estimate of drug-likeness (QED) is 0.856. The van der Waals surface area contributed by atoms with Crippen molar-refractivity contribution < 1.29 is 4.74 Å². The first kappa shape index (κ1) is 12.8. The zero-order valence-corrected chi connectivity index (χ0v) is 12.3. The SMILES string of the molecule is Cc1ccc2c(c1)[C@@H]1OCCC[C@@H]1[C@@H](c1ccncc1)N2. The van der Waals surface area contributed by atoms with Crippen molar-refractivity contribution in [1.29, 1.82) is 0 Å². The molecular weight excluding hydrogens is 260 g/mol. The van der Waals surface area contributed by atoms with Crippen LogP contribution in [0.5, 0.6) is 0 Å². The Morgan fingerprint density at radius 1 is 1.19 bits per heavy atom. The van der Waals surface area contributed by atoms with Gasteiger partial charge in [0.25, 0.3) is 0 Å². The van der Waals surface area contributed by atoms with Gasteiger partial charge in [-0.1, -0.05) is 17.7 Å². The van der Waals surface area contributed by atoms with Gasteiger partial charge in [0.05, 0.1) is 12.1 Å². The number of aryl methyl sites for hydroxylation is 1. The van der Waals surface area contributed by atoms with E-state index in [0.29, 0.717) is 12.0 Å². The van der Waals surface area contributed by atoms with Gasteiger partial charge in [-0.3, -0.25) is 4.98 Å². The summed E-state index contributed by atoms with van der Waals surface area (Å²) in [6, 6.07) is 11.2. The van der Waals surface area contributed by atoms with Crippen LogP contribution in [0.2, 0.25) is 0 Å². The van der Waals surface area contributed by atoms with Crippen LogP contribution < -0.4 is 5.32 Å². The molecule has 108 valence electrons. The molecule has 0 spiro atoms. The van der Waals surface area contributed by atoms with Gasteiger partial charge in [0.2, 0.25) is 0 Å². The lowest BCUT2D eigenvalue weighted by atomic mass is 9.77. The van der Waals surface area contributed by atoms with Crippen molar-refractivity contribution in [2.24, 2.45) is 5.92 Å². The number of hydrogen-bond acceptors (Lipinski definition) is 3. The molecule has 3 atom stereocenters. The number of nitrogens with one attached hydrogen (secondary N) is 1. The molecule has 0 amide bonds. The average Bonchev–Trinajstić information content (AvgIpc) is 2.55. The molecule has 2 aromatic rings. The Bertz CT molecular complexity index is 641. The van der Waals surface area contributed by atoms with E-state index < -0.39 is 0 Å². The first-order chi connectivity index (χ1) is 10.3. The van der Waals surface area contributed by atoms with E-state index in [1.54, 1.807) is 0 Å². The molecule has 2 aliphatic rings.